The van der Waals surface area contributed by atoms with Crippen molar-refractivity contribution in [1.29, 1.82) is 0 Å². The van der Waals surface area contributed by atoms with E-state index in [9.17, 15) is 0 Å². The standard InChI is InChI=1S/C14H27N/c1-7-9-11(15-10-8-2)12-13(3,4)14(12,5)6/h7,11-12,15H,1,8-10H2,2-6H3. The van der Waals surface area contributed by atoms with E-state index in [1.807, 2.05) is 0 Å². The first kappa shape index (κ1) is 12.8. The van der Waals surface area contributed by atoms with Crippen molar-refractivity contribution in [3.8, 4) is 0 Å². The Morgan fingerprint density at radius 1 is 1.27 bits per heavy atom. The highest BCUT2D eigenvalue weighted by Gasteiger charge is 2.66. The summed E-state index contributed by atoms with van der Waals surface area (Å²) >= 11 is 0. The second-order valence-corrected chi connectivity index (χ2v) is 6.01. The molecule has 0 radical (unpaired) electrons. The van der Waals surface area contributed by atoms with Gasteiger partial charge in [-0.1, -0.05) is 40.7 Å². The van der Waals surface area contributed by atoms with Gasteiger partial charge in [-0.15, -0.1) is 6.58 Å². The van der Waals surface area contributed by atoms with E-state index in [-0.39, 0.29) is 0 Å². The lowest BCUT2D eigenvalue weighted by atomic mass is 10.0. The summed E-state index contributed by atoms with van der Waals surface area (Å²) in [7, 11) is 0. The molecule has 1 nitrogen and oxygen atoms in total. The Kier molecular flexibility index (Phi) is 3.65. The minimum Gasteiger partial charge on any atom is -0.313 e. The van der Waals surface area contributed by atoms with Crippen LogP contribution in [-0.4, -0.2) is 12.6 Å². The highest BCUT2D eigenvalue weighted by molar-refractivity contribution is 5.16. The molecule has 0 aliphatic heterocycles. The van der Waals surface area contributed by atoms with Crippen LogP contribution >= 0.6 is 0 Å². The summed E-state index contributed by atoms with van der Waals surface area (Å²) in [5.41, 5.74) is 0.947. The molecule has 1 aliphatic carbocycles. The van der Waals surface area contributed by atoms with Crippen LogP contribution in [0, 0.1) is 16.7 Å². The Balaban J connectivity index is 2.62. The predicted octanol–water partition coefficient (Wildman–Crippen LogP) is 3.61. The summed E-state index contributed by atoms with van der Waals surface area (Å²) in [5, 5.41) is 3.67. The van der Waals surface area contributed by atoms with Crippen molar-refractivity contribution in [2.75, 3.05) is 6.54 Å². The van der Waals surface area contributed by atoms with Crippen molar-refractivity contribution < 1.29 is 0 Å². The van der Waals surface area contributed by atoms with Crippen molar-refractivity contribution >= 4 is 0 Å². The molecule has 1 atom stereocenters. The van der Waals surface area contributed by atoms with Crippen LogP contribution in [0.25, 0.3) is 0 Å². The Labute approximate surface area is 95.3 Å². The third kappa shape index (κ3) is 2.13. The van der Waals surface area contributed by atoms with E-state index in [2.05, 4.69) is 52.6 Å². The van der Waals surface area contributed by atoms with Gasteiger partial charge in [0.1, 0.15) is 0 Å². The molecule has 0 aromatic carbocycles. The van der Waals surface area contributed by atoms with Crippen molar-refractivity contribution in [2.24, 2.45) is 16.7 Å². The van der Waals surface area contributed by atoms with Gasteiger partial charge in [-0.3, -0.25) is 0 Å². The zero-order valence-corrected chi connectivity index (χ0v) is 11.1. The molecule has 0 spiro atoms. The first-order chi connectivity index (χ1) is 6.89. The molecule has 0 heterocycles. The van der Waals surface area contributed by atoms with E-state index in [1.165, 1.54) is 6.42 Å². The van der Waals surface area contributed by atoms with Crippen molar-refractivity contribution in [2.45, 2.75) is 53.5 Å². The second-order valence-electron chi connectivity index (χ2n) is 6.01. The van der Waals surface area contributed by atoms with Crippen LogP contribution in [0.2, 0.25) is 0 Å². The highest BCUT2D eigenvalue weighted by atomic mass is 15.0. The predicted molar refractivity (Wildman–Crippen MR) is 67.9 cm³/mol. The maximum atomic E-state index is 3.87. The molecule has 1 rings (SSSR count). The summed E-state index contributed by atoms with van der Waals surface area (Å²) in [5.74, 6) is 0.787. The van der Waals surface area contributed by atoms with Gasteiger partial charge in [0.05, 0.1) is 0 Å². The first-order valence-corrected chi connectivity index (χ1v) is 6.23. The Morgan fingerprint density at radius 3 is 2.13 bits per heavy atom. The Hall–Kier alpha value is -0.300. The van der Waals surface area contributed by atoms with Crippen molar-refractivity contribution in [3.05, 3.63) is 12.7 Å². The SMILES string of the molecule is C=CCC(NCCC)C1C(C)(C)C1(C)C. The lowest BCUT2D eigenvalue weighted by molar-refractivity contribution is 0.400. The molecule has 1 saturated carbocycles. The fourth-order valence-electron chi connectivity index (χ4n) is 3.10. The maximum absolute atomic E-state index is 3.87. The van der Waals surface area contributed by atoms with Gasteiger partial charge in [-0.05, 0) is 36.1 Å². The highest BCUT2D eigenvalue weighted by Crippen LogP contribution is 2.69. The van der Waals surface area contributed by atoms with Crippen LogP contribution in [0.5, 0.6) is 0 Å². The second kappa shape index (κ2) is 4.29. The minimum absolute atomic E-state index is 0.474. The molecule has 1 heteroatoms. The summed E-state index contributed by atoms with van der Waals surface area (Å²) in [6.45, 7) is 16.8. The van der Waals surface area contributed by atoms with E-state index in [0.29, 0.717) is 16.9 Å². The minimum atomic E-state index is 0.474. The zero-order chi connectivity index (χ0) is 11.7. The Morgan fingerprint density at radius 2 is 1.80 bits per heavy atom. The van der Waals surface area contributed by atoms with Gasteiger partial charge in [0.25, 0.3) is 0 Å². The molecule has 0 amide bonds. The number of rotatable bonds is 6. The van der Waals surface area contributed by atoms with E-state index < -0.39 is 0 Å². The third-order valence-corrected chi connectivity index (χ3v) is 4.61. The quantitative estimate of drug-likeness (QED) is 0.659. The van der Waals surface area contributed by atoms with E-state index in [0.717, 1.165) is 18.9 Å². The van der Waals surface area contributed by atoms with E-state index in [1.54, 1.807) is 0 Å². The molecule has 0 aromatic heterocycles. The van der Waals surface area contributed by atoms with E-state index in [4.69, 9.17) is 0 Å². The number of hydrogen-bond acceptors (Lipinski definition) is 1. The van der Waals surface area contributed by atoms with Gasteiger partial charge in [-0.25, -0.2) is 0 Å². The molecule has 1 unspecified atom stereocenters. The van der Waals surface area contributed by atoms with Crippen LogP contribution in [0.4, 0.5) is 0 Å². The molecular formula is C14H27N. The monoisotopic (exact) mass is 209 g/mol. The van der Waals surface area contributed by atoms with Gasteiger partial charge in [0.2, 0.25) is 0 Å². The molecule has 0 aromatic rings. The summed E-state index contributed by atoms with van der Waals surface area (Å²) in [6.07, 6.45) is 4.36. The van der Waals surface area contributed by atoms with Gasteiger partial charge in [-0.2, -0.15) is 0 Å². The molecule has 1 fully saturated rings. The van der Waals surface area contributed by atoms with Crippen LogP contribution < -0.4 is 5.32 Å². The summed E-state index contributed by atoms with van der Waals surface area (Å²) in [4.78, 5) is 0. The molecular weight excluding hydrogens is 182 g/mol. The Bertz CT molecular complexity index is 213. The molecule has 0 bridgehead atoms. The van der Waals surface area contributed by atoms with E-state index >= 15 is 0 Å². The molecule has 88 valence electrons. The van der Waals surface area contributed by atoms with Gasteiger partial charge < -0.3 is 5.32 Å². The average molecular weight is 209 g/mol. The zero-order valence-electron chi connectivity index (χ0n) is 11.1. The summed E-state index contributed by atoms with van der Waals surface area (Å²) < 4.78 is 0. The molecule has 1 aliphatic rings. The van der Waals surface area contributed by atoms with Crippen LogP contribution in [0.15, 0.2) is 12.7 Å². The topological polar surface area (TPSA) is 12.0 Å². The van der Waals surface area contributed by atoms with Gasteiger partial charge >= 0.3 is 0 Å². The fraction of sp³-hybridized carbons (Fsp3) is 0.857. The lowest BCUT2D eigenvalue weighted by Gasteiger charge is -2.19. The number of nitrogens with one attached hydrogen (secondary N) is 1. The first-order valence-electron chi connectivity index (χ1n) is 6.23. The van der Waals surface area contributed by atoms with Gasteiger partial charge in [0.15, 0.2) is 0 Å². The van der Waals surface area contributed by atoms with Gasteiger partial charge in [0, 0.05) is 6.04 Å². The maximum Gasteiger partial charge on any atom is 0.0140 e. The van der Waals surface area contributed by atoms with Crippen LogP contribution in [0.3, 0.4) is 0 Å². The molecule has 15 heavy (non-hydrogen) atoms. The molecule has 1 N–H and O–H groups in total. The van der Waals surface area contributed by atoms with Crippen molar-refractivity contribution in [1.82, 2.24) is 5.32 Å². The fourth-order valence-corrected chi connectivity index (χ4v) is 3.10. The average Bonchev–Trinajstić information content (AvgIpc) is 2.53. The van der Waals surface area contributed by atoms with Crippen LogP contribution in [0.1, 0.15) is 47.5 Å². The lowest BCUT2D eigenvalue weighted by Crippen LogP contribution is -2.33. The largest absolute Gasteiger partial charge is 0.313 e. The summed E-state index contributed by atoms with van der Waals surface area (Å²) in [6, 6.07) is 0.618. The smallest absolute Gasteiger partial charge is 0.0140 e. The van der Waals surface area contributed by atoms with Crippen molar-refractivity contribution in [3.63, 3.8) is 0 Å². The normalized spacial score (nSPS) is 24.9. The number of hydrogen-bond donors (Lipinski definition) is 1. The van der Waals surface area contributed by atoms with Crippen LogP contribution in [-0.2, 0) is 0 Å². The molecule has 0 saturated heterocycles. The third-order valence-electron chi connectivity index (χ3n) is 4.61.